The molecule has 2 N–H and O–H groups in total. The van der Waals surface area contributed by atoms with Gasteiger partial charge in [-0.2, -0.15) is 0 Å². The zero-order chi connectivity index (χ0) is 19.6. The maximum absolute atomic E-state index is 11.1. The summed E-state index contributed by atoms with van der Waals surface area (Å²) in [5.41, 5.74) is 0. The second kappa shape index (κ2) is 11.7. The van der Waals surface area contributed by atoms with Gasteiger partial charge in [-0.3, -0.25) is 0 Å². The molecule has 160 valence electrons. The van der Waals surface area contributed by atoms with E-state index in [1.165, 1.54) is 51.4 Å². The van der Waals surface area contributed by atoms with Crippen molar-refractivity contribution in [1.82, 2.24) is 0 Å². The van der Waals surface area contributed by atoms with Crippen LogP contribution in [0.4, 0.5) is 0 Å². The van der Waals surface area contributed by atoms with Crippen molar-refractivity contribution < 1.29 is 24.4 Å². The van der Waals surface area contributed by atoms with Crippen LogP contribution in [0.2, 0.25) is 0 Å². The lowest BCUT2D eigenvalue weighted by molar-refractivity contribution is -0.348. The van der Waals surface area contributed by atoms with Crippen LogP contribution in [0.25, 0.3) is 0 Å². The average Bonchev–Trinajstić information content (AvgIpc) is 3.50. The van der Waals surface area contributed by atoms with Crippen LogP contribution in [0.1, 0.15) is 104 Å². The van der Waals surface area contributed by atoms with Crippen LogP contribution >= 0.6 is 0 Å². The molecule has 0 aromatic carbocycles. The van der Waals surface area contributed by atoms with E-state index in [-0.39, 0.29) is 12.2 Å². The third kappa shape index (κ3) is 8.36. The maximum atomic E-state index is 11.1. The third-order valence-electron chi connectivity index (χ3n) is 5.80. The van der Waals surface area contributed by atoms with Crippen molar-refractivity contribution in [2.24, 2.45) is 0 Å². The van der Waals surface area contributed by atoms with Crippen LogP contribution in [0, 0.1) is 0 Å². The molecule has 4 unspecified atom stereocenters. The van der Waals surface area contributed by atoms with E-state index in [0.717, 1.165) is 25.7 Å². The summed E-state index contributed by atoms with van der Waals surface area (Å²) in [6.07, 6.45) is 14.2. The lowest BCUT2D eigenvalue weighted by atomic mass is 9.99. The van der Waals surface area contributed by atoms with Gasteiger partial charge in [0, 0.05) is 12.8 Å². The molecule has 2 saturated heterocycles. The fourth-order valence-electron chi connectivity index (χ4n) is 3.80. The predicted octanol–water partition coefficient (Wildman–Crippen LogP) is 4.68. The Balaban J connectivity index is 1.77. The summed E-state index contributed by atoms with van der Waals surface area (Å²) in [6, 6.07) is 0. The van der Waals surface area contributed by atoms with E-state index in [0.29, 0.717) is 26.1 Å². The minimum atomic E-state index is -1.40. The van der Waals surface area contributed by atoms with Gasteiger partial charge in [-0.25, -0.2) is 0 Å². The van der Waals surface area contributed by atoms with Crippen molar-refractivity contribution in [2.45, 2.75) is 128 Å². The van der Waals surface area contributed by atoms with Gasteiger partial charge in [-0.05, 0) is 12.8 Å². The summed E-state index contributed by atoms with van der Waals surface area (Å²) >= 11 is 0. The molecule has 0 spiro atoms. The van der Waals surface area contributed by atoms with E-state index in [1.54, 1.807) is 0 Å². The Morgan fingerprint density at radius 3 is 1.33 bits per heavy atom. The largest absolute Gasteiger partial charge is 0.367 e. The summed E-state index contributed by atoms with van der Waals surface area (Å²) in [4.78, 5) is 0. The lowest BCUT2D eigenvalue weighted by Crippen LogP contribution is -2.51. The number of hydrogen-bond acceptors (Lipinski definition) is 5. The molecule has 2 fully saturated rings. The second-order valence-corrected chi connectivity index (χ2v) is 8.47. The standard InChI is InChI=1S/C22H42O5/c1-3-5-7-9-11-13-15-21(23,19-17-25-19)27-22(24,20-18-26-20)16-14-12-10-8-6-4-2/h19-20,23-24H,3-18H2,1-2H3. The zero-order valence-electron chi connectivity index (χ0n) is 17.6. The second-order valence-electron chi connectivity index (χ2n) is 8.47. The van der Waals surface area contributed by atoms with E-state index in [9.17, 15) is 10.2 Å². The summed E-state index contributed by atoms with van der Waals surface area (Å²) in [7, 11) is 0. The Bertz CT molecular complexity index is 360. The average molecular weight is 387 g/mol. The van der Waals surface area contributed by atoms with E-state index >= 15 is 0 Å². The fourth-order valence-corrected chi connectivity index (χ4v) is 3.80. The topological polar surface area (TPSA) is 74.8 Å². The molecular weight excluding hydrogens is 344 g/mol. The van der Waals surface area contributed by atoms with Crippen molar-refractivity contribution in [3.63, 3.8) is 0 Å². The molecule has 4 atom stereocenters. The zero-order valence-corrected chi connectivity index (χ0v) is 17.6. The Hall–Kier alpha value is -0.200. The van der Waals surface area contributed by atoms with Crippen LogP contribution < -0.4 is 0 Å². The first-order valence-corrected chi connectivity index (χ1v) is 11.4. The highest BCUT2D eigenvalue weighted by Gasteiger charge is 2.56. The molecule has 0 bridgehead atoms. The van der Waals surface area contributed by atoms with Crippen LogP contribution in [-0.4, -0.2) is 47.2 Å². The molecule has 0 amide bonds. The van der Waals surface area contributed by atoms with Crippen LogP contribution in [0.5, 0.6) is 0 Å². The van der Waals surface area contributed by atoms with E-state index in [1.807, 2.05) is 0 Å². The van der Waals surface area contributed by atoms with Crippen LogP contribution in [-0.2, 0) is 14.2 Å². The minimum absolute atomic E-state index is 0.317. The first-order valence-electron chi connectivity index (χ1n) is 11.4. The predicted molar refractivity (Wildman–Crippen MR) is 106 cm³/mol. The van der Waals surface area contributed by atoms with Gasteiger partial charge in [0.1, 0.15) is 12.2 Å². The molecule has 0 aliphatic carbocycles. The number of epoxide rings is 2. The van der Waals surface area contributed by atoms with E-state index in [4.69, 9.17) is 14.2 Å². The number of aliphatic hydroxyl groups is 2. The molecule has 27 heavy (non-hydrogen) atoms. The molecule has 2 aliphatic heterocycles. The molecule has 0 saturated carbocycles. The van der Waals surface area contributed by atoms with Crippen molar-refractivity contribution in [1.29, 1.82) is 0 Å². The van der Waals surface area contributed by atoms with Crippen molar-refractivity contribution in [2.75, 3.05) is 13.2 Å². The van der Waals surface area contributed by atoms with E-state index in [2.05, 4.69) is 13.8 Å². The monoisotopic (exact) mass is 386 g/mol. The van der Waals surface area contributed by atoms with Gasteiger partial charge in [0.15, 0.2) is 11.6 Å². The van der Waals surface area contributed by atoms with E-state index < -0.39 is 11.6 Å². The Morgan fingerprint density at radius 1 is 0.667 bits per heavy atom. The molecule has 2 aliphatic rings. The van der Waals surface area contributed by atoms with Gasteiger partial charge in [0.2, 0.25) is 0 Å². The molecule has 2 heterocycles. The van der Waals surface area contributed by atoms with Crippen LogP contribution in [0.15, 0.2) is 0 Å². The summed E-state index contributed by atoms with van der Waals surface area (Å²) in [5, 5.41) is 22.2. The van der Waals surface area contributed by atoms with Crippen molar-refractivity contribution >= 4 is 0 Å². The third-order valence-corrected chi connectivity index (χ3v) is 5.80. The molecule has 0 radical (unpaired) electrons. The minimum Gasteiger partial charge on any atom is -0.367 e. The van der Waals surface area contributed by atoms with Gasteiger partial charge in [0.05, 0.1) is 13.2 Å². The number of ether oxygens (including phenoxy) is 3. The Morgan fingerprint density at radius 2 is 1.00 bits per heavy atom. The summed E-state index contributed by atoms with van der Waals surface area (Å²) in [5.74, 6) is -2.79. The molecule has 0 aromatic rings. The normalized spacial score (nSPS) is 25.8. The maximum Gasteiger partial charge on any atom is 0.197 e. The van der Waals surface area contributed by atoms with Crippen molar-refractivity contribution in [3.05, 3.63) is 0 Å². The lowest BCUT2D eigenvalue weighted by Gasteiger charge is -2.36. The number of rotatable bonds is 18. The Labute approximate surface area is 165 Å². The van der Waals surface area contributed by atoms with Gasteiger partial charge >= 0.3 is 0 Å². The number of unbranched alkanes of at least 4 members (excludes halogenated alkanes) is 10. The summed E-state index contributed by atoms with van der Waals surface area (Å²) < 4.78 is 16.7. The Kier molecular flexibility index (Phi) is 10.0. The van der Waals surface area contributed by atoms with Gasteiger partial charge in [0.25, 0.3) is 0 Å². The first-order chi connectivity index (χ1) is 13.0. The number of hydrogen-bond donors (Lipinski definition) is 2. The molecular formula is C22H42O5. The van der Waals surface area contributed by atoms with Gasteiger partial charge < -0.3 is 24.4 Å². The molecule has 5 heteroatoms. The van der Waals surface area contributed by atoms with Crippen molar-refractivity contribution in [3.8, 4) is 0 Å². The highest BCUT2D eigenvalue weighted by Crippen LogP contribution is 2.40. The molecule has 2 rings (SSSR count). The molecule has 5 nitrogen and oxygen atoms in total. The van der Waals surface area contributed by atoms with Gasteiger partial charge in [-0.15, -0.1) is 0 Å². The van der Waals surface area contributed by atoms with Crippen LogP contribution in [0.3, 0.4) is 0 Å². The quantitative estimate of drug-likeness (QED) is 0.203. The SMILES string of the molecule is CCCCCCCCC(O)(OC(O)(CCCCCCCC)C1CO1)C1CO1. The first kappa shape index (κ1) is 23.1. The highest BCUT2D eigenvalue weighted by molar-refractivity contribution is 4.94. The summed E-state index contributed by atoms with van der Waals surface area (Å²) in [6.45, 7) is 5.43. The van der Waals surface area contributed by atoms with Gasteiger partial charge in [-0.1, -0.05) is 78.1 Å². The highest BCUT2D eigenvalue weighted by atomic mass is 16.8. The smallest absolute Gasteiger partial charge is 0.197 e. The fraction of sp³-hybridized carbons (Fsp3) is 1.00. The molecule has 0 aromatic heterocycles.